The second-order valence-corrected chi connectivity index (χ2v) is 6.88. The lowest BCUT2D eigenvalue weighted by Gasteiger charge is -2.23. The van der Waals surface area contributed by atoms with Gasteiger partial charge in [0.1, 0.15) is 0 Å². The second-order valence-electron chi connectivity index (χ2n) is 3.94. The Morgan fingerprint density at radius 2 is 1.50 bits per heavy atom. The predicted molar refractivity (Wildman–Crippen MR) is 59.5 cm³/mol. The zero-order valence-corrected chi connectivity index (χ0v) is 9.74. The second kappa shape index (κ2) is 5.22. The van der Waals surface area contributed by atoms with Gasteiger partial charge in [-0.05, 0) is 43.2 Å². The maximum atomic E-state index is 2.38. The summed E-state index contributed by atoms with van der Waals surface area (Å²) in [6, 6.07) is 0. The van der Waals surface area contributed by atoms with Crippen LogP contribution in [-0.4, -0.2) is 17.5 Å². The third kappa shape index (κ3) is 2.22. The zero-order chi connectivity index (χ0) is 8.97. The maximum absolute atomic E-state index is 2.38. The Kier molecular flexibility index (Phi) is 4.57. The minimum atomic E-state index is 0.428. The van der Waals surface area contributed by atoms with Gasteiger partial charge in [0.05, 0.1) is 0 Å². The first-order valence-electron chi connectivity index (χ1n) is 5.59. The van der Waals surface area contributed by atoms with Crippen LogP contribution in [0.25, 0.3) is 0 Å². The molecule has 1 heteroatoms. The Labute approximate surface area is 78.9 Å². The van der Waals surface area contributed by atoms with Gasteiger partial charge in [-0.25, -0.2) is 0 Å². The van der Waals surface area contributed by atoms with Crippen LogP contribution in [0.4, 0.5) is 0 Å². The van der Waals surface area contributed by atoms with E-state index in [1.165, 1.54) is 19.3 Å². The summed E-state index contributed by atoms with van der Waals surface area (Å²) in [7, 11) is 0.428. The highest BCUT2D eigenvalue weighted by molar-refractivity contribution is 7.59. The lowest BCUT2D eigenvalue weighted by atomic mass is 10.1. The van der Waals surface area contributed by atoms with Gasteiger partial charge in [0.2, 0.25) is 0 Å². The van der Waals surface area contributed by atoms with E-state index in [0.717, 1.165) is 11.3 Å². The van der Waals surface area contributed by atoms with Gasteiger partial charge < -0.3 is 0 Å². The molecule has 1 heterocycles. The Hall–Kier alpha value is 0.430. The fraction of sp³-hybridized carbons (Fsp3) is 1.00. The summed E-state index contributed by atoms with van der Waals surface area (Å²) >= 11 is 0. The fourth-order valence-electron chi connectivity index (χ4n) is 2.52. The van der Waals surface area contributed by atoms with Crippen molar-refractivity contribution < 1.29 is 0 Å². The highest BCUT2D eigenvalue weighted by Crippen LogP contribution is 2.57. The minimum absolute atomic E-state index is 0.428. The largest absolute Gasteiger partial charge is 0.100 e. The predicted octanol–water partition coefficient (Wildman–Crippen LogP) is 4.23. The molecule has 2 unspecified atom stereocenters. The van der Waals surface area contributed by atoms with Gasteiger partial charge in [-0.1, -0.05) is 27.2 Å². The molecule has 0 aromatic carbocycles. The van der Waals surface area contributed by atoms with Gasteiger partial charge in [-0.15, -0.1) is 7.92 Å². The minimum Gasteiger partial charge on any atom is -0.100 e. The number of rotatable bonds is 4. The molecule has 1 saturated heterocycles. The quantitative estimate of drug-likeness (QED) is 0.576. The van der Waals surface area contributed by atoms with Crippen LogP contribution in [0.2, 0.25) is 0 Å². The molecular formula is C11H23P. The van der Waals surface area contributed by atoms with Crippen LogP contribution in [0, 0.1) is 0 Å². The highest BCUT2D eigenvalue weighted by Gasteiger charge is 2.31. The van der Waals surface area contributed by atoms with Crippen molar-refractivity contribution in [1.29, 1.82) is 0 Å². The molecule has 72 valence electrons. The third-order valence-electron chi connectivity index (χ3n) is 3.20. The van der Waals surface area contributed by atoms with Crippen LogP contribution >= 0.6 is 7.92 Å². The van der Waals surface area contributed by atoms with Crippen molar-refractivity contribution in [3.8, 4) is 0 Å². The van der Waals surface area contributed by atoms with Crippen LogP contribution < -0.4 is 0 Å². The van der Waals surface area contributed by atoms with E-state index in [0.29, 0.717) is 7.92 Å². The summed E-state index contributed by atoms with van der Waals surface area (Å²) in [6.45, 7) is 7.11. The molecule has 0 spiro atoms. The smallest absolute Gasteiger partial charge is 0.0209 e. The van der Waals surface area contributed by atoms with E-state index >= 15 is 0 Å². The molecule has 12 heavy (non-hydrogen) atoms. The lowest BCUT2D eigenvalue weighted by Crippen LogP contribution is -2.04. The summed E-state index contributed by atoms with van der Waals surface area (Å²) in [5.74, 6) is 0. The molecule has 0 radical (unpaired) electrons. The summed E-state index contributed by atoms with van der Waals surface area (Å²) in [4.78, 5) is 0. The molecule has 1 aliphatic heterocycles. The van der Waals surface area contributed by atoms with Crippen LogP contribution in [0.5, 0.6) is 0 Å². The van der Waals surface area contributed by atoms with Crippen molar-refractivity contribution in [3.63, 3.8) is 0 Å². The van der Waals surface area contributed by atoms with Gasteiger partial charge in [0.25, 0.3) is 0 Å². The highest BCUT2D eigenvalue weighted by atomic mass is 31.1. The Bertz CT molecular complexity index is 110. The van der Waals surface area contributed by atoms with Crippen molar-refractivity contribution in [2.45, 2.75) is 64.2 Å². The molecule has 0 aliphatic carbocycles. The molecule has 1 aliphatic rings. The molecular weight excluding hydrogens is 163 g/mol. The van der Waals surface area contributed by atoms with E-state index in [9.17, 15) is 0 Å². The van der Waals surface area contributed by atoms with Crippen molar-refractivity contribution >= 4 is 7.92 Å². The Morgan fingerprint density at radius 3 is 1.83 bits per heavy atom. The fourth-order valence-corrected chi connectivity index (χ4v) is 6.26. The average molecular weight is 186 g/mol. The van der Waals surface area contributed by atoms with E-state index in [1.807, 2.05) is 0 Å². The van der Waals surface area contributed by atoms with Crippen LogP contribution in [0.15, 0.2) is 0 Å². The van der Waals surface area contributed by atoms with Gasteiger partial charge in [-0.2, -0.15) is 0 Å². The van der Waals surface area contributed by atoms with Crippen LogP contribution in [0.1, 0.15) is 52.9 Å². The van der Waals surface area contributed by atoms with E-state index in [4.69, 9.17) is 0 Å². The molecule has 0 saturated carbocycles. The van der Waals surface area contributed by atoms with Crippen LogP contribution in [0.3, 0.4) is 0 Å². The SMILES string of the molecule is CCCP1C(CC)CCC1CC. The van der Waals surface area contributed by atoms with Gasteiger partial charge in [0.15, 0.2) is 0 Å². The summed E-state index contributed by atoms with van der Waals surface area (Å²) < 4.78 is 0. The van der Waals surface area contributed by atoms with Gasteiger partial charge >= 0.3 is 0 Å². The molecule has 0 amide bonds. The monoisotopic (exact) mass is 186 g/mol. The lowest BCUT2D eigenvalue weighted by molar-refractivity contribution is 0.696. The number of hydrogen-bond acceptors (Lipinski definition) is 0. The van der Waals surface area contributed by atoms with E-state index < -0.39 is 0 Å². The molecule has 0 bridgehead atoms. The van der Waals surface area contributed by atoms with E-state index in [-0.39, 0.29) is 0 Å². The summed E-state index contributed by atoms with van der Waals surface area (Å²) in [5, 5.41) is 0. The van der Waals surface area contributed by atoms with Crippen molar-refractivity contribution in [1.82, 2.24) is 0 Å². The summed E-state index contributed by atoms with van der Waals surface area (Å²) in [6.07, 6.45) is 8.94. The van der Waals surface area contributed by atoms with Crippen LogP contribution in [-0.2, 0) is 0 Å². The molecule has 0 nitrogen and oxygen atoms in total. The molecule has 0 aromatic heterocycles. The first kappa shape index (κ1) is 10.5. The normalized spacial score (nSPS) is 35.8. The third-order valence-corrected chi connectivity index (χ3v) is 7.28. The number of hydrogen-bond donors (Lipinski definition) is 0. The zero-order valence-electron chi connectivity index (χ0n) is 8.84. The van der Waals surface area contributed by atoms with Gasteiger partial charge in [-0.3, -0.25) is 0 Å². The molecule has 1 fully saturated rings. The first-order valence-corrected chi connectivity index (χ1v) is 7.25. The molecule has 0 N–H and O–H groups in total. The molecule has 1 rings (SSSR count). The van der Waals surface area contributed by atoms with Crippen molar-refractivity contribution in [2.75, 3.05) is 6.16 Å². The topological polar surface area (TPSA) is 0 Å². The van der Waals surface area contributed by atoms with E-state index in [2.05, 4.69) is 20.8 Å². The Morgan fingerprint density at radius 1 is 1.00 bits per heavy atom. The average Bonchev–Trinajstić information content (AvgIpc) is 2.48. The van der Waals surface area contributed by atoms with Crippen molar-refractivity contribution in [2.24, 2.45) is 0 Å². The standard InChI is InChI=1S/C11H23P/c1-4-9-12-10(5-2)7-8-11(12)6-3/h10-11H,4-9H2,1-3H3. The summed E-state index contributed by atoms with van der Waals surface area (Å²) in [5.41, 5.74) is 2.26. The molecule has 0 aromatic rings. The van der Waals surface area contributed by atoms with Crippen molar-refractivity contribution in [3.05, 3.63) is 0 Å². The van der Waals surface area contributed by atoms with E-state index in [1.54, 1.807) is 19.0 Å². The maximum Gasteiger partial charge on any atom is -0.0209 e. The Balaban J connectivity index is 2.46. The first-order chi connectivity index (χ1) is 5.83. The molecule has 2 atom stereocenters. The van der Waals surface area contributed by atoms with Gasteiger partial charge in [0, 0.05) is 0 Å².